The second kappa shape index (κ2) is 4.20. The highest BCUT2D eigenvalue weighted by molar-refractivity contribution is 7.15. The molecule has 0 spiro atoms. The summed E-state index contributed by atoms with van der Waals surface area (Å²) in [6, 6.07) is 6.57. The van der Waals surface area contributed by atoms with Gasteiger partial charge in [-0.25, -0.2) is 9.37 Å². The first-order chi connectivity index (χ1) is 8.22. The van der Waals surface area contributed by atoms with Gasteiger partial charge >= 0.3 is 0 Å². The van der Waals surface area contributed by atoms with Gasteiger partial charge in [-0.1, -0.05) is 0 Å². The number of hydrogen-bond donors (Lipinski definition) is 0. The summed E-state index contributed by atoms with van der Waals surface area (Å²) in [6.07, 6.45) is 1.07. The molecule has 88 valence electrons. The molecule has 2 aromatic rings. The minimum absolute atomic E-state index is 0.199. The van der Waals surface area contributed by atoms with Crippen molar-refractivity contribution in [2.75, 3.05) is 13.6 Å². The number of hydrogen-bond acceptors (Lipinski definition) is 3. The summed E-state index contributed by atoms with van der Waals surface area (Å²) in [5.41, 5.74) is 2.19. The Morgan fingerprint density at radius 3 is 2.82 bits per heavy atom. The van der Waals surface area contributed by atoms with E-state index >= 15 is 0 Å². The van der Waals surface area contributed by atoms with Crippen LogP contribution in [0, 0.1) is 5.82 Å². The standard InChI is InChI=1S/C13H13FN2S/c1-16-7-6-12-11(8-16)15-13(17-12)9-2-4-10(14)5-3-9/h2-5H,6-8H2,1H3. The Hall–Kier alpha value is -1.26. The largest absolute Gasteiger partial charge is 0.300 e. The van der Waals surface area contributed by atoms with Crippen molar-refractivity contribution in [2.24, 2.45) is 0 Å². The second-order valence-electron chi connectivity index (χ2n) is 4.38. The third-order valence-corrected chi connectivity index (χ3v) is 4.22. The minimum atomic E-state index is -0.199. The van der Waals surface area contributed by atoms with Gasteiger partial charge in [-0.05, 0) is 37.7 Å². The molecular weight excluding hydrogens is 235 g/mol. The number of fused-ring (bicyclic) bond motifs is 1. The van der Waals surface area contributed by atoms with Crippen molar-refractivity contribution in [1.82, 2.24) is 9.88 Å². The minimum Gasteiger partial charge on any atom is -0.300 e. The Morgan fingerprint density at radius 2 is 2.06 bits per heavy atom. The monoisotopic (exact) mass is 248 g/mol. The van der Waals surface area contributed by atoms with Crippen LogP contribution in [0.3, 0.4) is 0 Å². The molecule has 1 aromatic heterocycles. The number of nitrogens with zero attached hydrogens (tertiary/aromatic N) is 2. The van der Waals surface area contributed by atoms with E-state index in [1.54, 1.807) is 23.5 Å². The molecule has 1 aliphatic rings. The van der Waals surface area contributed by atoms with Crippen molar-refractivity contribution in [2.45, 2.75) is 13.0 Å². The highest BCUT2D eigenvalue weighted by Gasteiger charge is 2.18. The van der Waals surface area contributed by atoms with Crippen LogP contribution >= 0.6 is 11.3 Å². The Bertz CT molecular complexity index is 533. The van der Waals surface area contributed by atoms with Gasteiger partial charge in [0.2, 0.25) is 0 Å². The van der Waals surface area contributed by atoms with Gasteiger partial charge < -0.3 is 4.90 Å². The lowest BCUT2D eigenvalue weighted by molar-refractivity contribution is 0.311. The lowest BCUT2D eigenvalue weighted by Gasteiger charge is -2.20. The summed E-state index contributed by atoms with van der Waals surface area (Å²) in [5.74, 6) is -0.199. The van der Waals surface area contributed by atoms with E-state index in [-0.39, 0.29) is 5.82 Å². The zero-order valence-corrected chi connectivity index (χ0v) is 10.4. The summed E-state index contributed by atoms with van der Waals surface area (Å²) in [4.78, 5) is 8.31. The maximum atomic E-state index is 12.9. The van der Waals surface area contributed by atoms with Crippen molar-refractivity contribution < 1.29 is 4.39 Å². The number of halogens is 1. The van der Waals surface area contributed by atoms with E-state index in [0.717, 1.165) is 30.1 Å². The molecule has 0 aliphatic carbocycles. The Kier molecular flexibility index (Phi) is 2.68. The Morgan fingerprint density at radius 1 is 1.29 bits per heavy atom. The van der Waals surface area contributed by atoms with Gasteiger partial charge in [0.1, 0.15) is 10.8 Å². The lowest BCUT2D eigenvalue weighted by atomic mass is 10.2. The zero-order valence-electron chi connectivity index (χ0n) is 9.61. The van der Waals surface area contributed by atoms with E-state index < -0.39 is 0 Å². The first kappa shape index (κ1) is 10.9. The molecule has 4 heteroatoms. The molecule has 3 rings (SSSR count). The van der Waals surface area contributed by atoms with E-state index in [2.05, 4.69) is 16.9 Å². The number of thiazole rings is 1. The van der Waals surface area contributed by atoms with Gasteiger partial charge in [-0.2, -0.15) is 0 Å². The smallest absolute Gasteiger partial charge is 0.123 e. The molecule has 2 heterocycles. The average Bonchev–Trinajstić information content (AvgIpc) is 2.72. The highest BCUT2D eigenvalue weighted by atomic mass is 32.1. The fraction of sp³-hybridized carbons (Fsp3) is 0.308. The first-order valence-electron chi connectivity index (χ1n) is 5.65. The quantitative estimate of drug-likeness (QED) is 0.771. The highest BCUT2D eigenvalue weighted by Crippen LogP contribution is 2.31. The summed E-state index contributed by atoms with van der Waals surface area (Å²) in [7, 11) is 2.11. The molecule has 0 radical (unpaired) electrons. The Balaban J connectivity index is 1.97. The van der Waals surface area contributed by atoms with Crippen molar-refractivity contribution in [3.63, 3.8) is 0 Å². The van der Waals surface area contributed by atoms with Gasteiger partial charge in [0.15, 0.2) is 0 Å². The molecule has 0 amide bonds. The van der Waals surface area contributed by atoms with Crippen molar-refractivity contribution in [3.8, 4) is 10.6 Å². The average molecular weight is 248 g/mol. The summed E-state index contributed by atoms with van der Waals surface area (Å²) >= 11 is 1.74. The Labute approximate surface area is 104 Å². The van der Waals surface area contributed by atoms with Crippen LogP contribution in [0.25, 0.3) is 10.6 Å². The van der Waals surface area contributed by atoms with E-state index in [0.29, 0.717) is 0 Å². The fourth-order valence-corrected chi connectivity index (χ4v) is 3.11. The van der Waals surface area contributed by atoms with Crippen LogP contribution in [0.1, 0.15) is 10.6 Å². The normalized spacial score (nSPS) is 15.9. The third kappa shape index (κ3) is 2.10. The lowest BCUT2D eigenvalue weighted by Crippen LogP contribution is -2.25. The number of rotatable bonds is 1. The summed E-state index contributed by atoms with van der Waals surface area (Å²) < 4.78 is 12.9. The molecule has 0 fully saturated rings. The van der Waals surface area contributed by atoms with E-state index in [9.17, 15) is 4.39 Å². The van der Waals surface area contributed by atoms with Crippen molar-refractivity contribution in [3.05, 3.63) is 40.7 Å². The van der Waals surface area contributed by atoms with Crippen molar-refractivity contribution >= 4 is 11.3 Å². The van der Waals surface area contributed by atoms with E-state index in [4.69, 9.17) is 0 Å². The van der Waals surface area contributed by atoms with Gasteiger partial charge in [0.05, 0.1) is 5.69 Å². The van der Waals surface area contributed by atoms with Crippen LogP contribution in [-0.4, -0.2) is 23.5 Å². The molecular formula is C13H13FN2S. The molecule has 0 saturated heterocycles. The topological polar surface area (TPSA) is 16.1 Å². The molecule has 1 aliphatic heterocycles. The van der Waals surface area contributed by atoms with Crippen LogP contribution in [0.2, 0.25) is 0 Å². The second-order valence-corrected chi connectivity index (χ2v) is 5.47. The SMILES string of the molecule is CN1CCc2sc(-c3ccc(F)cc3)nc2C1. The fourth-order valence-electron chi connectivity index (χ4n) is 2.05. The molecule has 0 saturated carbocycles. The maximum absolute atomic E-state index is 12.9. The van der Waals surface area contributed by atoms with Crippen LogP contribution < -0.4 is 0 Å². The zero-order chi connectivity index (χ0) is 11.8. The van der Waals surface area contributed by atoms with Crippen LogP contribution in [0.5, 0.6) is 0 Å². The first-order valence-corrected chi connectivity index (χ1v) is 6.47. The van der Waals surface area contributed by atoms with Gasteiger partial charge in [0.25, 0.3) is 0 Å². The van der Waals surface area contributed by atoms with Gasteiger partial charge in [-0.3, -0.25) is 0 Å². The number of benzene rings is 1. The molecule has 17 heavy (non-hydrogen) atoms. The van der Waals surface area contributed by atoms with Gasteiger partial charge in [-0.15, -0.1) is 11.3 Å². The van der Waals surface area contributed by atoms with Gasteiger partial charge in [0, 0.05) is 23.5 Å². The molecule has 1 aromatic carbocycles. The summed E-state index contributed by atoms with van der Waals surface area (Å²) in [5, 5.41) is 1.00. The van der Waals surface area contributed by atoms with Crippen LogP contribution in [0.15, 0.2) is 24.3 Å². The van der Waals surface area contributed by atoms with Crippen LogP contribution in [0.4, 0.5) is 4.39 Å². The predicted molar refractivity (Wildman–Crippen MR) is 67.5 cm³/mol. The van der Waals surface area contributed by atoms with Crippen LogP contribution in [-0.2, 0) is 13.0 Å². The maximum Gasteiger partial charge on any atom is 0.123 e. The number of aromatic nitrogens is 1. The van der Waals surface area contributed by atoms with Crippen molar-refractivity contribution in [1.29, 1.82) is 0 Å². The van der Waals surface area contributed by atoms with E-state index in [1.807, 2.05) is 0 Å². The third-order valence-electron chi connectivity index (χ3n) is 3.01. The van der Waals surface area contributed by atoms with E-state index in [1.165, 1.54) is 22.7 Å². The molecule has 0 N–H and O–H groups in total. The molecule has 0 unspecified atom stereocenters. The molecule has 0 atom stereocenters. The molecule has 2 nitrogen and oxygen atoms in total. The summed E-state index contributed by atoms with van der Waals surface area (Å²) in [6.45, 7) is 2.02. The number of likely N-dealkylation sites (N-methyl/N-ethyl adjacent to an activating group) is 1. The predicted octanol–water partition coefficient (Wildman–Crippen LogP) is 2.94. The molecule has 0 bridgehead atoms.